The van der Waals surface area contributed by atoms with Crippen LogP contribution >= 0.6 is 0 Å². The van der Waals surface area contributed by atoms with Crippen LogP contribution in [0.2, 0.25) is 0 Å². The van der Waals surface area contributed by atoms with Crippen LogP contribution in [0.4, 0.5) is 5.82 Å². The number of hydrogen-bond acceptors (Lipinski definition) is 3. The molecule has 17 heavy (non-hydrogen) atoms. The van der Waals surface area contributed by atoms with Gasteiger partial charge in [-0.25, -0.2) is 4.98 Å². The average molecular weight is 233 g/mol. The molecule has 2 rings (SSSR count). The summed E-state index contributed by atoms with van der Waals surface area (Å²) in [6.45, 7) is 6.21. The molecule has 1 atom stereocenters. The van der Waals surface area contributed by atoms with E-state index in [4.69, 9.17) is 10.7 Å². The van der Waals surface area contributed by atoms with Crippen LogP contribution in [0, 0.1) is 0 Å². The van der Waals surface area contributed by atoms with Crippen molar-refractivity contribution in [1.82, 2.24) is 4.98 Å². The van der Waals surface area contributed by atoms with E-state index in [1.165, 1.54) is 24.1 Å². The predicted molar refractivity (Wildman–Crippen MR) is 72.2 cm³/mol. The Bertz CT molecular complexity index is 376. The molecule has 1 aliphatic rings. The molecular weight excluding hydrogens is 210 g/mol. The van der Waals surface area contributed by atoms with Crippen LogP contribution in [0.3, 0.4) is 0 Å². The van der Waals surface area contributed by atoms with Crippen LogP contribution < -0.4 is 10.6 Å². The van der Waals surface area contributed by atoms with Gasteiger partial charge in [-0.2, -0.15) is 0 Å². The van der Waals surface area contributed by atoms with Crippen molar-refractivity contribution >= 4 is 5.82 Å². The summed E-state index contributed by atoms with van der Waals surface area (Å²) in [7, 11) is 0. The van der Waals surface area contributed by atoms with Crippen molar-refractivity contribution in [1.29, 1.82) is 0 Å². The lowest BCUT2D eigenvalue weighted by molar-refractivity contribution is 0.722. The van der Waals surface area contributed by atoms with Gasteiger partial charge < -0.3 is 10.6 Å². The fourth-order valence-corrected chi connectivity index (χ4v) is 2.56. The first kappa shape index (κ1) is 12.4. The second kappa shape index (κ2) is 5.50. The van der Waals surface area contributed by atoms with Crippen LogP contribution in [0.1, 0.15) is 44.4 Å². The van der Waals surface area contributed by atoms with E-state index in [-0.39, 0.29) is 0 Å². The molecule has 0 saturated carbocycles. The van der Waals surface area contributed by atoms with Gasteiger partial charge in [0.15, 0.2) is 0 Å². The topological polar surface area (TPSA) is 42.1 Å². The summed E-state index contributed by atoms with van der Waals surface area (Å²) in [5.41, 5.74) is 8.16. The number of aryl methyl sites for hydroxylation is 1. The van der Waals surface area contributed by atoms with E-state index in [9.17, 15) is 0 Å². The highest BCUT2D eigenvalue weighted by Gasteiger charge is 2.21. The maximum absolute atomic E-state index is 5.77. The summed E-state index contributed by atoms with van der Waals surface area (Å²) in [5, 5.41) is 0. The lowest BCUT2D eigenvalue weighted by Gasteiger charge is -2.23. The number of rotatable bonds is 4. The van der Waals surface area contributed by atoms with Crippen molar-refractivity contribution in [3.63, 3.8) is 0 Å². The zero-order valence-corrected chi connectivity index (χ0v) is 10.9. The number of aromatic nitrogens is 1. The summed E-state index contributed by atoms with van der Waals surface area (Å²) in [6.07, 6.45) is 4.73. The molecule has 3 nitrogen and oxygen atoms in total. The predicted octanol–water partition coefficient (Wildman–Crippen LogP) is 2.48. The molecule has 0 aromatic carbocycles. The van der Waals surface area contributed by atoms with Gasteiger partial charge in [-0.05, 0) is 43.9 Å². The Morgan fingerprint density at radius 2 is 2.29 bits per heavy atom. The summed E-state index contributed by atoms with van der Waals surface area (Å²) in [6, 6.07) is 4.92. The van der Waals surface area contributed by atoms with Crippen LogP contribution in [0.15, 0.2) is 12.1 Å². The standard InChI is InChI=1S/C14H23N3/c1-3-5-13-8-12(10-15)9-14(16-13)17-7-4-6-11(17)2/h8-9,11H,3-7,10,15H2,1-2H3. The molecule has 2 heterocycles. The van der Waals surface area contributed by atoms with Crippen molar-refractivity contribution < 1.29 is 0 Å². The molecule has 1 saturated heterocycles. The molecule has 2 N–H and O–H groups in total. The Morgan fingerprint density at radius 1 is 1.47 bits per heavy atom. The quantitative estimate of drug-likeness (QED) is 0.868. The summed E-state index contributed by atoms with van der Waals surface area (Å²) in [5.74, 6) is 1.13. The Hall–Kier alpha value is -1.09. The SMILES string of the molecule is CCCc1cc(CN)cc(N2CCCC2C)n1. The third-order valence-electron chi connectivity index (χ3n) is 3.51. The normalized spacial score (nSPS) is 19.9. The van der Waals surface area contributed by atoms with Crippen molar-refractivity contribution in [2.75, 3.05) is 11.4 Å². The molecule has 0 aliphatic carbocycles. The van der Waals surface area contributed by atoms with Gasteiger partial charge in [0.25, 0.3) is 0 Å². The minimum atomic E-state index is 0.606. The van der Waals surface area contributed by atoms with Gasteiger partial charge in [-0.3, -0.25) is 0 Å². The molecule has 1 aromatic rings. The van der Waals surface area contributed by atoms with E-state index in [0.29, 0.717) is 12.6 Å². The largest absolute Gasteiger partial charge is 0.354 e. The van der Waals surface area contributed by atoms with Crippen LogP contribution in [0.25, 0.3) is 0 Å². The highest BCUT2D eigenvalue weighted by Crippen LogP contribution is 2.25. The van der Waals surface area contributed by atoms with Gasteiger partial charge in [-0.15, -0.1) is 0 Å². The molecule has 94 valence electrons. The first-order valence-electron chi connectivity index (χ1n) is 6.71. The molecule has 0 spiro atoms. The maximum Gasteiger partial charge on any atom is 0.129 e. The lowest BCUT2D eigenvalue weighted by Crippen LogP contribution is -2.27. The number of nitrogens with zero attached hydrogens (tertiary/aromatic N) is 2. The zero-order valence-electron chi connectivity index (χ0n) is 10.9. The Labute approximate surface area is 104 Å². The summed E-state index contributed by atoms with van der Waals surface area (Å²) >= 11 is 0. The Balaban J connectivity index is 2.28. The highest BCUT2D eigenvalue weighted by molar-refractivity contribution is 5.44. The van der Waals surface area contributed by atoms with Crippen molar-refractivity contribution in [2.24, 2.45) is 5.73 Å². The van der Waals surface area contributed by atoms with Crippen LogP contribution in [-0.4, -0.2) is 17.6 Å². The van der Waals surface area contributed by atoms with E-state index in [2.05, 4.69) is 30.9 Å². The van der Waals surface area contributed by atoms with Gasteiger partial charge in [0.1, 0.15) is 5.82 Å². The fraction of sp³-hybridized carbons (Fsp3) is 0.643. The Morgan fingerprint density at radius 3 is 2.88 bits per heavy atom. The van der Waals surface area contributed by atoms with E-state index in [0.717, 1.165) is 25.2 Å². The highest BCUT2D eigenvalue weighted by atomic mass is 15.2. The lowest BCUT2D eigenvalue weighted by atomic mass is 10.1. The van der Waals surface area contributed by atoms with Gasteiger partial charge in [0, 0.05) is 24.8 Å². The minimum Gasteiger partial charge on any atom is -0.354 e. The Kier molecular flexibility index (Phi) is 4.00. The van der Waals surface area contributed by atoms with Gasteiger partial charge in [0.05, 0.1) is 0 Å². The number of nitrogens with two attached hydrogens (primary N) is 1. The third kappa shape index (κ3) is 2.78. The minimum absolute atomic E-state index is 0.606. The average Bonchev–Trinajstić information content (AvgIpc) is 2.75. The second-order valence-corrected chi connectivity index (χ2v) is 4.96. The first-order valence-corrected chi connectivity index (χ1v) is 6.71. The molecule has 0 radical (unpaired) electrons. The van der Waals surface area contributed by atoms with Crippen molar-refractivity contribution in [2.45, 2.75) is 52.1 Å². The maximum atomic E-state index is 5.77. The smallest absolute Gasteiger partial charge is 0.129 e. The van der Waals surface area contributed by atoms with Gasteiger partial charge in [0.2, 0.25) is 0 Å². The van der Waals surface area contributed by atoms with Crippen molar-refractivity contribution in [3.05, 3.63) is 23.4 Å². The third-order valence-corrected chi connectivity index (χ3v) is 3.51. The first-order chi connectivity index (χ1) is 8.24. The number of anilines is 1. The number of pyridine rings is 1. The van der Waals surface area contributed by atoms with E-state index < -0.39 is 0 Å². The summed E-state index contributed by atoms with van der Waals surface area (Å²) < 4.78 is 0. The molecule has 3 heteroatoms. The molecule has 1 aromatic heterocycles. The second-order valence-electron chi connectivity index (χ2n) is 4.96. The van der Waals surface area contributed by atoms with E-state index >= 15 is 0 Å². The van der Waals surface area contributed by atoms with E-state index in [1.54, 1.807) is 0 Å². The molecule has 0 bridgehead atoms. The molecule has 1 fully saturated rings. The number of hydrogen-bond donors (Lipinski definition) is 1. The van der Waals surface area contributed by atoms with Gasteiger partial charge >= 0.3 is 0 Å². The van der Waals surface area contributed by atoms with Crippen molar-refractivity contribution in [3.8, 4) is 0 Å². The van der Waals surface area contributed by atoms with Crippen LogP contribution in [0.5, 0.6) is 0 Å². The molecule has 0 amide bonds. The molecular formula is C14H23N3. The van der Waals surface area contributed by atoms with Gasteiger partial charge in [-0.1, -0.05) is 13.3 Å². The fourth-order valence-electron chi connectivity index (χ4n) is 2.56. The monoisotopic (exact) mass is 233 g/mol. The zero-order chi connectivity index (χ0) is 12.3. The summed E-state index contributed by atoms with van der Waals surface area (Å²) in [4.78, 5) is 7.19. The molecule has 1 unspecified atom stereocenters. The van der Waals surface area contributed by atoms with E-state index in [1.807, 2.05) is 0 Å². The van der Waals surface area contributed by atoms with Crippen LogP contribution in [-0.2, 0) is 13.0 Å². The molecule has 1 aliphatic heterocycles.